The molecule has 0 amide bonds. The Balaban J connectivity index is 2.22. The summed E-state index contributed by atoms with van der Waals surface area (Å²) in [5, 5.41) is 9.36. The number of carboxylic acids is 1. The number of aromatic nitrogens is 2. The number of fused-ring (bicyclic) bond motifs is 1. The van der Waals surface area contributed by atoms with Crippen molar-refractivity contribution in [3.63, 3.8) is 0 Å². The molecule has 82 valence electrons. The summed E-state index contributed by atoms with van der Waals surface area (Å²) in [6.45, 7) is 0. The molecule has 1 saturated carbocycles. The summed E-state index contributed by atoms with van der Waals surface area (Å²) in [5.41, 5.74) is 0.193. The van der Waals surface area contributed by atoms with Gasteiger partial charge < -0.3 is 9.51 Å². The topological polar surface area (TPSA) is 54.6 Å². The molecule has 1 aliphatic rings. The summed E-state index contributed by atoms with van der Waals surface area (Å²) in [6, 6.07) is 5.76. The highest BCUT2D eigenvalue weighted by Gasteiger charge is 2.49. The first-order valence-corrected chi connectivity index (χ1v) is 5.40. The number of aliphatic carboxylic acids is 1. The third-order valence-corrected chi connectivity index (χ3v) is 3.48. The zero-order chi connectivity index (χ0) is 11.2. The van der Waals surface area contributed by atoms with Gasteiger partial charge in [-0.25, -0.2) is 4.98 Å². The Labute approximate surface area is 92.5 Å². The molecule has 2 heterocycles. The monoisotopic (exact) mass is 216 g/mol. The van der Waals surface area contributed by atoms with E-state index in [9.17, 15) is 9.90 Å². The van der Waals surface area contributed by atoms with Crippen LogP contribution in [0.2, 0.25) is 0 Å². The van der Waals surface area contributed by atoms with Crippen LogP contribution in [0.1, 0.15) is 25.1 Å². The van der Waals surface area contributed by atoms with E-state index in [1.165, 1.54) is 0 Å². The van der Waals surface area contributed by atoms with E-state index in [4.69, 9.17) is 0 Å². The second-order valence-electron chi connectivity index (χ2n) is 4.32. The minimum absolute atomic E-state index is 0.668. The maximum absolute atomic E-state index is 11.4. The van der Waals surface area contributed by atoms with Crippen molar-refractivity contribution in [2.45, 2.75) is 24.7 Å². The van der Waals surface area contributed by atoms with Crippen molar-refractivity contribution in [3.05, 3.63) is 36.4 Å². The summed E-state index contributed by atoms with van der Waals surface area (Å²) in [5.74, 6) is -0.0862. The van der Waals surface area contributed by atoms with Crippen LogP contribution in [0.3, 0.4) is 0 Å². The van der Waals surface area contributed by atoms with Gasteiger partial charge in [-0.05, 0) is 25.0 Å². The van der Waals surface area contributed by atoms with Crippen molar-refractivity contribution < 1.29 is 9.90 Å². The Bertz CT molecular complexity index is 555. The first-order valence-electron chi connectivity index (χ1n) is 5.40. The summed E-state index contributed by atoms with van der Waals surface area (Å²) >= 11 is 0. The van der Waals surface area contributed by atoms with Crippen LogP contribution < -0.4 is 0 Å². The zero-order valence-corrected chi connectivity index (χ0v) is 8.76. The molecule has 2 aromatic heterocycles. The van der Waals surface area contributed by atoms with E-state index in [-0.39, 0.29) is 0 Å². The molecule has 0 atom stereocenters. The van der Waals surface area contributed by atoms with Crippen LogP contribution in [0.5, 0.6) is 0 Å². The first-order chi connectivity index (χ1) is 7.74. The predicted molar refractivity (Wildman–Crippen MR) is 58.4 cm³/mol. The predicted octanol–water partition coefficient (Wildman–Crippen LogP) is 1.84. The fourth-order valence-corrected chi connectivity index (χ4v) is 2.36. The lowest BCUT2D eigenvalue weighted by Gasteiger charge is -2.36. The Morgan fingerprint density at radius 2 is 2.25 bits per heavy atom. The Kier molecular flexibility index (Phi) is 1.80. The van der Waals surface area contributed by atoms with Crippen LogP contribution in [-0.4, -0.2) is 20.5 Å². The third-order valence-electron chi connectivity index (χ3n) is 3.48. The number of carboxylic acid groups (broad SMARTS) is 1. The van der Waals surface area contributed by atoms with Gasteiger partial charge in [0.1, 0.15) is 11.2 Å². The highest BCUT2D eigenvalue weighted by atomic mass is 16.4. The van der Waals surface area contributed by atoms with Crippen molar-refractivity contribution in [2.24, 2.45) is 0 Å². The van der Waals surface area contributed by atoms with Gasteiger partial charge in [-0.15, -0.1) is 0 Å². The second-order valence-corrected chi connectivity index (χ2v) is 4.32. The molecule has 0 bridgehead atoms. The number of pyridine rings is 1. The van der Waals surface area contributed by atoms with Crippen LogP contribution in [0.4, 0.5) is 0 Å². The Morgan fingerprint density at radius 1 is 1.44 bits per heavy atom. The van der Waals surface area contributed by atoms with Gasteiger partial charge in [0.2, 0.25) is 0 Å². The summed E-state index contributed by atoms with van der Waals surface area (Å²) in [4.78, 5) is 15.7. The smallest absolute Gasteiger partial charge is 0.317 e. The van der Waals surface area contributed by atoms with E-state index in [0.717, 1.165) is 11.9 Å². The van der Waals surface area contributed by atoms with Crippen LogP contribution in [0, 0.1) is 0 Å². The molecule has 4 nitrogen and oxygen atoms in total. The van der Waals surface area contributed by atoms with Crippen LogP contribution in [0.15, 0.2) is 30.6 Å². The average molecular weight is 216 g/mol. The maximum atomic E-state index is 11.4. The molecule has 1 aliphatic carbocycles. The SMILES string of the molecule is O=C(O)C1(c2ncc3ccccn23)CCC1. The number of imidazole rings is 1. The molecule has 3 rings (SSSR count). The largest absolute Gasteiger partial charge is 0.480 e. The normalized spacial score (nSPS) is 18.2. The van der Waals surface area contributed by atoms with Gasteiger partial charge in [0.15, 0.2) is 0 Å². The van der Waals surface area contributed by atoms with Crippen LogP contribution >= 0.6 is 0 Å². The molecular weight excluding hydrogens is 204 g/mol. The van der Waals surface area contributed by atoms with Crippen molar-refractivity contribution in [1.82, 2.24) is 9.38 Å². The molecular formula is C12H12N2O2. The fraction of sp³-hybridized carbons (Fsp3) is 0.333. The number of hydrogen-bond acceptors (Lipinski definition) is 2. The van der Waals surface area contributed by atoms with Crippen molar-refractivity contribution in [2.75, 3.05) is 0 Å². The summed E-state index contributed by atoms with van der Waals surface area (Å²) in [7, 11) is 0. The van der Waals surface area contributed by atoms with E-state index < -0.39 is 11.4 Å². The lowest BCUT2D eigenvalue weighted by atomic mass is 9.68. The number of carbonyl (C=O) groups is 1. The molecule has 0 unspecified atom stereocenters. The fourth-order valence-electron chi connectivity index (χ4n) is 2.36. The van der Waals surface area contributed by atoms with Crippen molar-refractivity contribution in [1.29, 1.82) is 0 Å². The van der Waals surface area contributed by atoms with E-state index in [2.05, 4.69) is 4.98 Å². The van der Waals surface area contributed by atoms with Gasteiger partial charge in [-0.1, -0.05) is 12.5 Å². The van der Waals surface area contributed by atoms with E-state index in [1.54, 1.807) is 6.20 Å². The van der Waals surface area contributed by atoms with Crippen molar-refractivity contribution in [3.8, 4) is 0 Å². The quantitative estimate of drug-likeness (QED) is 0.833. The molecule has 0 radical (unpaired) electrons. The summed E-state index contributed by atoms with van der Waals surface area (Å²) in [6.07, 6.45) is 5.96. The molecule has 0 aromatic carbocycles. The zero-order valence-electron chi connectivity index (χ0n) is 8.76. The molecule has 4 heteroatoms. The molecule has 1 N–H and O–H groups in total. The molecule has 16 heavy (non-hydrogen) atoms. The summed E-state index contributed by atoms with van der Waals surface area (Å²) < 4.78 is 1.88. The average Bonchev–Trinajstić information content (AvgIpc) is 2.61. The maximum Gasteiger partial charge on any atom is 0.317 e. The van der Waals surface area contributed by atoms with Gasteiger partial charge in [0.05, 0.1) is 11.7 Å². The van der Waals surface area contributed by atoms with E-state index in [0.29, 0.717) is 18.7 Å². The van der Waals surface area contributed by atoms with E-state index in [1.807, 2.05) is 28.8 Å². The number of rotatable bonds is 2. The first kappa shape index (κ1) is 9.39. The third kappa shape index (κ3) is 1.04. The van der Waals surface area contributed by atoms with Gasteiger partial charge in [0.25, 0.3) is 0 Å². The van der Waals surface area contributed by atoms with Gasteiger partial charge >= 0.3 is 5.97 Å². The molecule has 2 aromatic rings. The Hall–Kier alpha value is -1.84. The number of hydrogen-bond donors (Lipinski definition) is 1. The lowest BCUT2D eigenvalue weighted by molar-refractivity contribution is -0.147. The second kappa shape index (κ2) is 3.07. The highest BCUT2D eigenvalue weighted by molar-refractivity contribution is 5.81. The van der Waals surface area contributed by atoms with E-state index >= 15 is 0 Å². The lowest BCUT2D eigenvalue weighted by Crippen LogP contribution is -2.43. The van der Waals surface area contributed by atoms with Gasteiger partial charge in [-0.2, -0.15) is 0 Å². The standard InChI is InChI=1S/C12H12N2O2/c15-11(16)12(5-3-6-12)10-13-8-9-4-1-2-7-14(9)10/h1-2,4,7-8H,3,5-6H2,(H,15,16). The Morgan fingerprint density at radius 3 is 2.88 bits per heavy atom. The minimum Gasteiger partial charge on any atom is -0.480 e. The van der Waals surface area contributed by atoms with Crippen molar-refractivity contribution >= 4 is 11.5 Å². The van der Waals surface area contributed by atoms with Crippen LogP contribution in [-0.2, 0) is 10.2 Å². The minimum atomic E-state index is -0.756. The molecule has 0 spiro atoms. The van der Waals surface area contributed by atoms with Crippen LogP contribution in [0.25, 0.3) is 5.52 Å². The molecule has 0 aliphatic heterocycles. The van der Waals surface area contributed by atoms with Gasteiger partial charge in [0, 0.05) is 6.20 Å². The molecule has 0 saturated heterocycles. The van der Waals surface area contributed by atoms with Gasteiger partial charge in [-0.3, -0.25) is 4.79 Å². The highest BCUT2D eigenvalue weighted by Crippen LogP contribution is 2.43. The molecule has 1 fully saturated rings. The number of nitrogens with zero attached hydrogens (tertiary/aromatic N) is 2.